The van der Waals surface area contributed by atoms with E-state index in [1.807, 2.05) is 0 Å². The number of hydrogen-bond acceptors (Lipinski definition) is 29. The van der Waals surface area contributed by atoms with Gasteiger partial charge in [0.2, 0.25) is 17.7 Å². The highest BCUT2D eigenvalue weighted by atomic mass is 16.8. The lowest BCUT2D eigenvalue weighted by Crippen LogP contribution is -2.72. The average Bonchev–Trinajstić information content (AvgIpc) is 0.755. The predicted molar refractivity (Wildman–Crippen MR) is 464 cm³/mol. The third-order valence-corrected chi connectivity index (χ3v) is 21.9. The standard InChI is InChI=1S/C96H133N3O29/c1-11-13-15-17-19-21-23-25-27-29-31-33-47-57-79(108)99-74(82(124-91(110)71-50-40-35-41-51-71)75(120-90(109)70-48-38-34-39-49-70)56-46-32-30-28-26-24-22-20-18-16-14-12-2)58-116-96-89(126-93(112)73-54-44-37-45-55-73)88(125-92(111)72-52-42-36-43-53-72)85(78(123-96)61-115-66(7)104)127-94-81(98-63(4)101)87(84(118-68(9)106)77(121-94)60-114-65(6)103)128-95-80(97-62(3)100)86(119-69(10)107)83(117-67(8)105)76(122-95)59-113-64(5)102/h34-45,48-55,74-78,80-89,94-96H,11-33,46-47,56-61H2,1-10H3,(H,97,100)(H,98,101)(H,99,108)/t74-,75+,76+,77+,78+,80+,81+,82-,83+,84-,85+,86+,87+,88-,89+,94-,95-,96+/m0/s1. The molecule has 0 unspecified atom stereocenters. The number of carbonyl (C=O) groups is 13. The molecule has 0 saturated carbocycles. The van der Waals surface area contributed by atoms with E-state index in [1.165, 1.54) is 106 Å². The average molecular weight is 1790 g/mol. The number of ether oxygens (including phenoxy) is 16. The van der Waals surface area contributed by atoms with Crippen molar-refractivity contribution in [3.05, 3.63) is 144 Å². The van der Waals surface area contributed by atoms with E-state index in [0.717, 1.165) is 132 Å². The summed E-state index contributed by atoms with van der Waals surface area (Å²) in [6.45, 7) is 9.52. The lowest BCUT2D eigenvalue weighted by molar-refractivity contribution is -0.359. The van der Waals surface area contributed by atoms with Crippen LogP contribution in [-0.4, -0.2) is 214 Å². The molecule has 0 bridgehead atoms. The normalized spacial score (nSPS) is 22.6. The molecule has 0 radical (unpaired) electrons. The zero-order valence-corrected chi connectivity index (χ0v) is 75.7. The number of nitrogens with one attached hydrogen (secondary N) is 3. The van der Waals surface area contributed by atoms with Crippen molar-refractivity contribution in [2.45, 2.75) is 353 Å². The Morgan fingerprint density at radius 2 is 0.656 bits per heavy atom. The van der Waals surface area contributed by atoms with Gasteiger partial charge < -0.3 is 91.7 Å². The number of hydrogen-bond donors (Lipinski definition) is 3. The third-order valence-electron chi connectivity index (χ3n) is 21.9. The number of rotatable bonds is 56. The Morgan fingerprint density at radius 1 is 0.328 bits per heavy atom. The van der Waals surface area contributed by atoms with E-state index >= 15 is 19.2 Å². The second kappa shape index (κ2) is 57.6. The van der Waals surface area contributed by atoms with E-state index in [-0.39, 0.29) is 35.1 Å². The first-order valence-electron chi connectivity index (χ1n) is 45.3. The molecule has 4 aromatic carbocycles. The Bertz CT molecular complexity index is 4070. The SMILES string of the molecule is CCCCCCCCCCCCCCCC(=O)N[C@@H](CO[C@@H]1O[C@H](COC(C)=O)[C@@H](O[C@@H]2O[C@H](COC(C)=O)[C@H](OC(C)=O)[C@H](O[C@@H]3O[C@H](COC(C)=O)[C@@H](OC(C)=O)[C@H](OC(C)=O)[C@H]3NC(C)=O)[C@H]2NC(C)=O)[C@H](OC(=O)c2ccccc2)[C@H]1OC(=O)c1ccccc1)[C@H](OC(=O)c1ccccc1)[C@@H](CCCCCCCCCCCCCC)OC(=O)c1ccccc1. The first kappa shape index (κ1) is 105. The molecule has 3 fully saturated rings. The van der Waals surface area contributed by atoms with Crippen LogP contribution < -0.4 is 16.0 Å². The molecule has 0 aromatic heterocycles. The van der Waals surface area contributed by atoms with Crippen LogP contribution in [0.5, 0.6) is 0 Å². The summed E-state index contributed by atoms with van der Waals surface area (Å²) < 4.78 is 102. The van der Waals surface area contributed by atoms with Gasteiger partial charge in [0, 0.05) is 61.8 Å². The fraction of sp³-hybridized carbons (Fsp3) is 0.615. The molecule has 3 aliphatic rings. The molecule has 18 atom stereocenters. The highest BCUT2D eigenvalue weighted by Gasteiger charge is 2.60. The summed E-state index contributed by atoms with van der Waals surface area (Å²) in [6, 6.07) is 26.0. The molecule has 3 amide bonds. The molecule has 32 nitrogen and oxygen atoms in total. The highest BCUT2D eigenvalue weighted by molar-refractivity contribution is 5.92. The maximum atomic E-state index is 15.3. The van der Waals surface area contributed by atoms with Gasteiger partial charge in [0.25, 0.3) is 0 Å². The van der Waals surface area contributed by atoms with E-state index in [9.17, 15) is 43.2 Å². The maximum Gasteiger partial charge on any atom is 0.338 e. The molecular weight excluding hydrogens is 1660 g/mol. The Hall–Kier alpha value is -10.3. The van der Waals surface area contributed by atoms with Gasteiger partial charge in [-0.2, -0.15) is 0 Å². The van der Waals surface area contributed by atoms with Crippen LogP contribution in [0.1, 0.15) is 284 Å². The molecular formula is C96H133N3O29. The van der Waals surface area contributed by atoms with E-state index < -0.39 is 214 Å². The van der Waals surface area contributed by atoms with Crippen LogP contribution in [0, 0.1) is 0 Å². The molecule has 32 heteroatoms. The van der Waals surface area contributed by atoms with E-state index in [1.54, 1.807) is 72.8 Å². The van der Waals surface area contributed by atoms with Crippen LogP contribution in [0.2, 0.25) is 0 Å². The third kappa shape index (κ3) is 37.1. The van der Waals surface area contributed by atoms with Crippen LogP contribution in [0.3, 0.4) is 0 Å². The topological polar surface area (TPSA) is 406 Å². The zero-order chi connectivity index (χ0) is 92.7. The van der Waals surface area contributed by atoms with Crippen LogP contribution in [0.15, 0.2) is 121 Å². The second-order valence-corrected chi connectivity index (χ2v) is 32.6. The summed E-state index contributed by atoms with van der Waals surface area (Å²) in [5, 5.41) is 8.42. The van der Waals surface area contributed by atoms with Crippen molar-refractivity contribution in [1.82, 2.24) is 16.0 Å². The number of carbonyl (C=O) groups excluding carboxylic acids is 13. The molecule has 706 valence electrons. The highest BCUT2D eigenvalue weighted by Crippen LogP contribution is 2.39. The van der Waals surface area contributed by atoms with E-state index in [0.29, 0.717) is 25.7 Å². The monoisotopic (exact) mass is 1790 g/mol. The van der Waals surface area contributed by atoms with Gasteiger partial charge in [0.05, 0.1) is 34.9 Å². The fourth-order valence-electron chi connectivity index (χ4n) is 15.7. The summed E-state index contributed by atoms with van der Waals surface area (Å²) in [4.78, 5) is 182. The quantitative estimate of drug-likeness (QED) is 0.0210. The molecule has 0 spiro atoms. The van der Waals surface area contributed by atoms with Crippen molar-refractivity contribution in [1.29, 1.82) is 0 Å². The van der Waals surface area contributed by atoms with Crippen LogP contribution in [-0.2, 0) is 119 Å². The van der Waals surface area contributed by atoms with E-state index in [2.05, 4.69) is 29.8 Å². The van der Waals surface area contributed by atoms with Crippen molar-refractivity contribution in [3.8, 4) is 0 Å². The first-order valence-corrected chi connectivity index (χ1v) is 45.3. The van der Waals surface area contributed by atoms with Gasteiger partial charge in [-0.3, -0.25) is 43.2 Å². The van der Waals surface area contributed by atoms with Gasteiger partial charge in [0.15, 0.2) is 55.5 Å². The summed E-state index contributed by atoms with van der Waals surface area (Å²) in [5.41, 5.74) is 0.0664. The number of unbranched alkanes of at least 4 members (excludes halogenated alkanes) is 23. The lowest BCUT2D eigenvalue weighted by atomic mass is 9.93. The van der Waals surface area contributed by atoms with Gasteiger partial charge in [-0.05, 0) is 67.8 Å². The Kier molecular flexibility index (Phi) is 47.2. The van der Waals surface area contributed by atoms with Gasteiger partial charge in [0.1, 0.15) is 68.5 Å². The molecule has 3 heterocycles. The van der Waals surface area contributed by atoms with Crippen molar-refractivity contribution < 1.29 is 138 Å². The summed E-state index contributed by atoms with van der Waals surface area (Å²) in [5.74, 6) is -11.8. The molecule has 4 aromatic rings. The Balaban J connectivity index is 1.41. The van der Waals surface area contributed by atoms with Crippen LogP contribution >= 0.6 is 0 Å². The van der Waals surface area contributed by atoms with Crippen LogP contribution in [0.4, 0.5) is 0 Å². The molecule has 3 saturated heterocycles. The van der Waals surface area contributed by atoms with Gasteiger partial charge in [-0.25, -0.2) is 19.2 Å². The zero-order valence-electron chi connectivity index (χ0n) is 75.7. The van der Waals surface area contributed by atoms with Gasteiger partial charge >= 0.3 is 59.7 Å². The summed E-state index contributed by atoms with van der Waals surface area (Å²) in [6.07, 6.45) is -2.53. The molecule has 3 aliphatic heterocycles. The molecule has 3 N–H and O–H groups in total. The minimum atomic E-state index is -2.15. The minimum absolute atomic E-state index is 0.0391. The van der Waals surface area contributed by atoms with Crippen molar-refractivity contribution >= 4 is 77.4 Å². The van der Waals surface area contributed by atoms with Gasteiger partial charge in [-0.1, -0.05) is 234 Å². The van der Waals surface area contributed by atoms with Crippen molar-refractivity contribution in [3.63, 3.8) is 0 Å². The second-order valence-electron chi connectivity index (χ2n) is 32.6. The predicted octanol–water partition coefficient (Wildman–Crippen LogP) is 13.4. The maximum absolute atomic E-state index is 15.3. The van der Waals surface area contributed by atoms with Crippen molar-refractivity contribution in [2.24, 2.45) is 0 Å². The number of benzene rings is 4. The molecule has 128 heavy (non-hydrogen) atoms. The summed E-state index contributed by atoms with van der Waals surface area (Å²) in [7, 11) is 0. The largest absolute Gasteiger partial charge is 0.463 e. The first-order chi connectivity index (χ1) is 61.6. The van der Waals surface area contributed by atoms with Crippen LogP contribution in [0.25, 0.3) is 0 Å². The number of esters is 10. The Morgan fingerprint density at radius 3 is 1.05 bits per heavy atom. The molecule has 7 rings (SSSR count). The summed E-state index contributed by atoms with van der Waals surface area (Å²) >= 11 is 0. The molecule has 0 aliphatic carbocycles. The lowest BCUT2D eigenvalue weighted by Gasteiger charge is -2.51. The fourth-order valence-corrected chi connectivity index (χ4v) is 15.7. The Labute approximate surface area is 750 Å². The number of amides is 3. The minimum Gasteiger partial charge on any atom is -0.463 e. The smallest absolute Gasteiger partial charge is 0.338 e. The van der Waals surface area contributed by atoms with Gasteiger partial charge in [-0.15, -0.1) is 0 Å². The van der Waals surface area contributed by atoms with Crippen molar-refractivity contribution in [2.75, 3.05) is 26.4 Å². The van der Waals surface area contributed by atoms with E-state index in [4.69, 9.17) is 75.8 Å².